The van der Waals surface area contributed by atoms with Gasteiger partial charge >= 0.3 is 5.97 Å². The molecule has 2 saturated heterocycles. The maximum absolute atomic E-state index is 12.6. The molecule has 0 aromatic heterocycles. The predicted octanol–water partition coefficient (Wildman–Crippen LogP) is 2.37. The number of nitrogens with one attached hydrogen (secondary N) is 1. The number of esters is 1. The van der Waals surface area contributed by atoms with Crippen LogP contribution in [-0.4, -0.2) is 80.5 Å². The molecule has 0 radical (unpaired) electrons. The molecule has 4 aliphatic rings. The lowest BCUT2D eigenvalue weighted by molar-refractivity contribution is -0.149. The van der Waals surface area contributed by atoms with Crippen molar-refractivity contribution in [3.63, 3.8) is 0 Å². The molecule has 0 aromatic carbocycles. The van der Waals surface area contributed by atoms with Crippen LogP contribution in [0.25, 0.3) is 0 Å². The zero-order chi connectivity index (χ0) is 21.8. The lowest BCUT2D eigenvalue weighted by Crippen LogP contribution is -2.59. The second kappa shape index (κ2) is 10.6. The summed E-state index contributed by atoms with van der Waals surface area (Å²) in [5, 5.41) is 13.1. The first-order chi connectivity index (χ1) is 15.1. The first-order valence-electron chi connectivity index (χ1n) is 12.3. The normalized spacial score (nSPS) is 39.6. The van der Waals surface area contributed by atoms with Crippen LogP contribution in [0, 0.1) is 29.1 Å². The molecule has 1 N–H and O–H groups in total. The van der Waals surface area contributed by atoms with Gasteiger partial charge in [0.1, 0.15) is 6.04 Å². The average molecular weight is 433 g/mol. The molecule has 2 aliphatic carbocycles. The van der Waals surface area contributed by atoms with E-state index in [1.807, 2.05) is 7.11 Å². The largest absolute Gasteiger partial charge is 0.468 e. The molecular weight excluding hydrogens is 392 g/mol. The molecule has 7 heteroatoms. The Kier molecular flexibility index (Phi) is 7.86. The van der Waals surface area contributed by atoms with Crippen LogP contribution in [-0.2, 0) is 14.3 Å². The van der Waals surface area contributed by atoms with Gasteiger partial charge in [-0.2, -0.15) is 5.26 Å². The zero-order valence-corrected chi connectivity index (χ0v) is 19.3. The third-order valence-electron chi connectivity index (χ3n) is 8.38. The third-order valence-corrected chi connectivity index (χ3v) is 8.38. The topological polar surface area (TPSA) is 77.8 Å². The van der Waals surface area contributed by atoms with E-state index in [-0.39, 0.29) is 17.9 Å². The summed E-state index contributed by atoms with van der Waals surface area (Å²) in [5.74, 6) is 1.33. The van der Waals surface area contributed by atoms with E-state index in [0.717, 1.165) is 57.9 Å². The Morgan fingerprint density at radius 2 is 1.81 bits per heavy atom. The number of carbonyl (C=O) groups excluding carboxylic acids is 1. The smallest absolute Gasteiger partial charge is 0.323 e. The van der Waals surface area contributed by atoms with Crippen LogP contribution >= 0.6 is 0 Å². The highest BCUT2D eigenvalue weighted by Crippen LogP contribution is 2.34. The number of fused-ring (bicyclic) bond motifs is 1. The number of methoxy groups -OCH3 is 2. The molecule has 2 saturated carbocycles. The summed E-state index contributed by atoms with van der Waals surface area (Å²) in [7, 11) is 3.34. The van der Waals surface area contributed by atoms with E-state index in [4.69, 9.17) is 9.47 Å². The standard InChI is InChI=1S/C24H40N4O3/c1-30-20-8-6-17(7-9-20)13-28-16-26-21-11-22(24(29)31-2)27(15-23(21)28)14-19-5-3-4-18(10-19)12-25/h17-23,26H,3-11,13-16H2,1-2H3. The first-order valence-corrected chi connectivity index (χ1v) is 12.3. The van der Waals surface area contributed by atoms with Crippen molar-refractivity contribution in [3.8, 4) is 6.07 Å². The Bertz CT molecular complexity index is 645. The number of hydrogen-bond donors (Lipinski definition) is 1. The summed E-state index contributed by atoms with van der Waals surface area (Å²) >= 11 is 0. The lowest BCUT2D eigenvalue weighted by Gasteiger charge is -2.44. The molecule has 0 amide bonds. The van der Waals surface area contributed by atoms with Crippen LogP contribution in [0.1, 0.15) is 57.8 Å². The van der Waals surface area contributed by atoms with Gasteiger partial charge in [0.2, 0.25) is 0 Å². The monoisotopic (exact) mass is 432 g/mol. The predicted molar refractivity (Wildman–Crippen MR) is 118 cm³/mol. The fourth-order valence-electron chi connectivity index (χ4n) is 6.55. The van der Waals surface area contributed by atoms with Crippen molar-refractivity contribution in [2.24, 2.45) is 17.8 Å². The second-order valence-corrected chi connectivity index (χ2v) is 10.3. The molecular formula is C24H40N4O3. The average Bonchev–Trinajstić information content (AvgIpc) is 3.20. The van der Waals surface area contributed by atoms with Gasteiger partial charge in [-0.3, -0.25) is 19.9 Å². The Labute approximate surface area is 187 Å². The van der Waals surface area contributed by atoms with Crippen molar-refractivity contribution >= 4 is 5.97 Å². The van der Waals surface area contributed by atoms with Crippen molar-refractivity contribution in [2.75, 3.05) is 40.5 Å². The van der Waals surface area contributed by atoms with Crippen LogP contribution in [0.15, 0.2) is 0 Å². The third kappa shape index (κ3) is 5.42. The van der Waals surface area contributed by atoms with Crippen molar-refractivity contribution < 1.29 is 14.3 Å². The lowest BCUT2D eigenvalue weighted by atomic mass is 9.81. The van der Waals surface area contributed by atoms with Gasteiger partial charge in [0.15, 0.2) is 0 Å². The molecule has 2 heterocycles. The number of nitriles is 1. The summed E-state index contributed by atoms with van der Waals surface area (Å²) in [6.45, 7) is 3.88. The number of hydrogen-bond acceptors (Lipinski definition) is 7. The van der Waals surface area contributed by atoms with E-state index < -0.39 is 0 Å². The van der Waals surface area contributed by atoms with Crippen LogP contribution in [0.5, 0.6) is 0 Å². The highest BCUT2D eigenvalue weighted by atomic mass is 16.5. The summed E-state index contributed by atoms with van der Waals surface area (Å²) in [6, 6.07) is 3.12. The molecule has 4 fully saturated rings. The number of carbonyl (C=O) groups is 1. The van der Waals surface area contributed by atoms with Crippen molar-refractivity contribution in [1.29, 1.82) is 5.26 Å². The van der Waals surface area contributed by atoms with Gasteiger partial charge in [-0.25, -0.2) is 0 Å². The molecule has 31 heavy (non-hydrogen) atoms. The Morgan fingerprint density at radius 1 is 1.03 bits per heavy atom. The van der Waals surface area contributed by atoms with Gasteiger partial charge in [-0.05, 0) is 63.2 Å². The summed E-state index contributed by atoms with van der Waals surface area (Å²) < 4.78 is 10.7. The van der Waals surface area contributed by atoms with E-state index in [2.05, 4.69) is 21.2 Å². The van der Waals surface area contributed by atoms with Gasteiger partial charge < -0.3 is 9.47 Å². The Hall–Kier alpha value is -1.20. The minimum absolute atomic E-state index is 0.107. The molecule has 0 spiro atoms. The fourth-order valence-corrected chi connectivity index (χ4v) is 6.55. The highest BCUT2D eigenvalue weighted by molar-refractivity contribution is 5.76. The quantitative estimate of drug-likeness (QED) is 0.646. The van der Waals surface area contributed by atoms with Crippen molar-refractivity contribution in [1.82, 2.24) is 15.1 Å². The number of ether oxygens (including phenoxy) is 2. The van der Waals surface area contributed by atoms with Crippen molar-refractivity contribution in [2.45, 2.75) is 82.0 Å². The van der Waals surface area contributed by atoms with E-state index in [9.17, 15) is 10.1 Å². The Morgan fingerprint density at radius 3 is 2.52 bits per heavy atom. The van der Waals surface area contributed by atoms with Gasteiger partial charge in [0, 0.05) is 51.4 Å². The molecule has 4 rings (SSSR count). The van der Waals surface area contributed by atoms with Gasteiger partial charge in [-0.15, -0.1) is 0 Å². The van der Waals surface area contributed by atoms with Gasteiger partial charge in [0.25, 0.3) is 0 Å². The molecule has 0 bridgehead atoms. The number of rotatable bonds is 6. The van der Waals surface area contributed by atoms with Gasteiger partial charge in [-0.1, -0.05) is 6.42 Å². The minimum atomic E-state index is -0.168. The fraction of sp³-hybridized carbons (Fsp3) is 0.917. The minimum Gasteiger partial charge on any atom is -0.468 e. The summed E-state index contributed by atoms with van der Waals surface area (Å²) in [4.78, 5) is 17.6. The van der Waals surface area contributed by atoms with E-state index in [0.29, 0.717) is 24.1 Å². The van der Waals surface area contributed by atoms with Crippen LogP contribution in [0.4, 0.5) is 0 Å². The molecule has 5 atom stereocenters. The van der Waals surface area contributed by atoms with Crippen molar-refractivity contribution in [3.05, 3.63) is 0 Å². The zero-order valence-electron chi connectivity index (χ0n) is 19.3. The first kappa shape index (κ1) is 23.0. The van der Waals surface area contributed by atoms with Gasteiger partial charge in [0.05, 0.1) is 19.3 Å². The highest BCUT2D eigenvalue weighted by Gasteiger charge is 2.46. The molecule has 174 valence electrons. The number of nitrogens with zero attached hydrogens (tertiary/aromatic N) is 3. The second-order valence-electron chi connectivity index (χ2n) is 10.3. The molecule has 7 nitrogen and oxygen atoms in total. The van der Waals surface area contributed by atoms with E-state index in [1.54, 1.807) is 0 Å². The van der Waals surface area contributed by atoms with E-state index in [1.165, 1.54) is 39.2 Å². The van der Waals surface area contributed by atoms with E-state index >= 15 is 0 Å². The van der Waals surface area contributed by atoms with Crippen LogP contribution in [0.2, 0.25) is 0 Å². The Balaban J connectivity index is 1.39. The number of piperidine rings is 1. The number of likely N-dealkylation sites (tertiary alicyclic amines) is 1. The summed E-state index contributed by atoms with van der Waals surface area (Å²) in [6.07, 6.45) is 10.4. The SMILES string of the molecule is COC(=O)C1CC2NCN(CC3CCC(OC)CC3)C2CN1CC1CCCC(C#N)C1. The maximum Gasteiger partial charge on any atom is 0.323 e. The van der Waals surface area contributed by atoms with Crippen LogP contribution < -0.4 is 5.32 Å². The molecule has 2 aliphatic heterocycles. The van der Waals surface area contributed by atoms with Crippen LogP contribution in [0.3, 0.4) is 0 Å². The molecule has 0 aromatic rings. The molecule has 5 unspecified atom stereocenters. The maximum atomic E-state index is 12.6. The summed E-state index contributed by atoms with van der Waals surface area (Å²) in [5.41, 5.74) is 0.